The molecule has 2 rings (SSSR count). The molecule has 1 aliphatic carbocycles. The predicted octanol–water partition coefficient (Wildman–Crippen LogP) is 4.11. The van der Waals surface area contributed by atoms with Gasteiger partial charge in [-0.15, -0.1) is 0 Å². The van der Waals surface area contributed by atoms with Gasteiger partial charge in [0.05, 0.1) is 0 Å². The average molecular weight is 235 g/mol. The zero-order valence-electron chi connectivity index (χ0n) is 9.37. The molecular formula is C14H15ClO. The van der Waals surface area contributed by atoms with E-state index in [4.69, 9.17) is 11.6 Å². The van der Waals surface area contributed by atoms with E-state index in [0.717, 1.165) is 30.4 Å². The van der Waals surface area contributed by atoms with E-state index in [1.54, 1.807) is 0 Å². The van der Waals surface area contributed by atoms with Crippen molar-refractivity contribution in [2.45, 2.75) is 26.2 Å². The van der Waals surface area contributed by atoms with Crippen molar-refractivity contribution in [1.29, 1.82) is 0 Å². The second kappa shape index (κ2) is 4.84. The molecule has 1 fully saturated rings. The molecule has 0 saturated heterocycles. The summed E-state index contributed by atoms with van der Waals surface area (Å²) >= 11 is 5.91. The van der Waals surface area contributed by atoms with Gasteiger partial charge in [0.2, 0.25) is 0 Å². The van der Waals surface area contributed by atoms with Crippen molar-refractivity contribution in [1.82, 2.24) is 0 Å². The summed E-state index contributed by atoms with van der Waals surface area (Å²) in [6, 6.07) is 7.62. The van der Waals surface area contributed by atoms with Gasteiger partial charge in [-0.2, -0.15) is 0 Å². The average Bonchev–Trinajstić information content (AvgIpc) is 2.25. The molecule has 1 atom stereocenters. The van der Waals surface area contributed by atoms with E-state index < -0.39 is 0 Å². The van der Waals surface area contributed by atoms with Crippen molar-refractivity contribution in [3.8, 4) is 0 Å². The highest BCUT2D eigenvalue weighted by Crippen LogP contribution is 2.26. The molecule has 0 spiro atoms. The smallest absolute Gasteiger partial charge is 0.161 e. The highest BCUT2D eigenvalue weighted by atomic mass is 35.5. The molecule has 84 valence electrons. The number of ketones is 1. The maximum Gasteiger partial charge on any atom is 0.161 e. The van der Waals surface area contributed by atoms with Gasteiger partial charge in [0.25, 0.3) is 0 Å². The molecule has 1 unspecified atom stereocenters. The van der Waals surface area contributed by atoms with Gasteiger partial charge in [-0.25, -0.2) is 0 Å². The molecule has 1 saturated carbocycles. The molecule has 0 heterocycles. The van der Waals surface area contributed by atoms with E-state index >= 15 is 0 Å². The first-order valence-corrected chi connectivity index (χ1v) is 6.05. The third-order valence-electron chi connectivity index (χ3n) is 3.04. The minimum Gasteiger partial charge on any atom is -0.294 e. The highest BCUT2D eigenvalue weighted by molar-refractivity contribution is 6.30. The van der Waals surface area contributed by atoms with Gasteiger partial charge in [-0.05, 0) is 48.6 Å². The Kier molecular flexibility index (Phi) is 3.45. The number of halogens is 1. The molecule has 1 aromatic rings. The van der Waals surface area contributed by atoms with Crippen LogP contribution in [-0.4, -0.2) is 5.78 Å². The van der Waals surface area contributed by atoms with Crippen LogP contribution in [0.15, 0.2) is 29.8 Å². The Labute approximate surface area is 101 Å². The number of carbonyl (C=O) groups is 1. The number of allylic oxidation sites excluding steroid dienone is 1. The number of benzene rings is 1. The van der Waals surface area contributed by atoms with Crippen molar-refractivity contribution in [3.63, 3.8) is 0 Å². The standard InChI is InChI=1S/C14H15ClO/c1-10-4-2-6-12(14(10)16)8-11-5-3-7-13(15)9-11/h3,5,7-10H,2,4,6H2,1H3. The van der Waals surface area contributed by atoms with Crippen LogP contribution < -0.4 is 0 Å². The summed E-state index contributed by atoms with van der Waals surface area (Å²) in [7, 11) is 0. The number of carbonyl (C=O) groups excluding carboxylic acids is 1. The zero-order chi connectivity index (χ0) is 11.5. The number of hydrogen-bond donors (Lipinski definition) is 0. The van der Waals surface area contributed by atoms with E-state index in [-0.39, 0.29) is 5.92 Å². The van der Waals surface area contributed by atoms with Crippen LogP contribution in [0.3, 0.4) is 0 Å². The highest BCUT2D eigenvalue weighted by Gasteiger charge is 2.22. The van der Waals surface area contributed by atoms with Crippen molar-refractivity contribution in [2.75, 3.05) is 0 Å². The Morgan fingerprint density at radius 3 is 3.00 bits per heavy atom. The fourth-order valence-electron chi connectivity index (χ4n) is 2.11. The quantitative estimate of drug-likeness (QED) is 0.669. The van der Waals surface area contributed by atoms with Gasteiger partial charge < -0.3 is 0 Å². The largest absolute Gasteiger partial charge is 0.294 e. The van der Waals surface area contributed by atoms with E-state index in [1.807, 2.05) is 37.3 Å². The molecule has 2 heteroatoms. The Balaban J connectivity index is 2.26. The topological polar surface area (TPSA) is 17.1 Å². The molecule has 1 aliphatic rings. The summed E-state index contributed by atoms with van der Waals surface area (Å²) in [6.45, 7) is 2.01. The molecular weight excluding hydrogens is 220 g/mol. The van der Waals surface area contributed by atoms with Gasteiger partial charge >= 0.3 is 0 Å². The lowest BCUT2D eigenvalue weighted by Gasteiger charge is -2.19. The first kappa shape index (κ1) is 11.4. The van der Waals surface area contributed by atoms with E-state index in [9.17, 15) is 4.79 Å². The summed E-state index contributed by atoms with van der Waals surface area (Å²) in [4.78, 5) is 11.9. The number of rotatable bonds is 1. The van der Waals surface area contributed by atoms with Crippen molar-refractivity contribution in [2.24, 2.45) is 5.92 Å². The summed E-state index contributed by atoms with van der Waals surface area (Å²) in [6.07, 6.45) is 5.00. The van der Waals surface area contributed by atoms with Crippen LogP contribution in [0.5, 0.6) is 0 Å². The summed E-state index contributed by atoms with van der Waals surface area (Å²) in [5.74, 6) is 0.477. The fourth-order valence-corrected chi connectivity index (χ4v) is 2.31. The molecule has 1 aromatic carbocycles. The molecule has 0 N–H and O–H groups in total. The fraction of sp³-hybridized carbons (Fsp3) is 0.357. The molecule has 0 radical (unpaired) electrons. The van der Waals surface area contributed by atoms with E-state index in [2.05, 4.69) is 0 Å². The third kappa shape index (κ3) is 2.53. The molecule has 16 heavy (non-hydrogen) atoms. The molecule has 1 nitrogen and oxygen atoms in total. The molecule has 0 bridgehead atoms. The second-order valence-electron chi connectivity index (χ2n) is 4.38. The monoisotopic (exact) mass is 234 g/mol. The van der Waals surface area contributed by atoms with E-state index in [1.165, 1.54) is 0 Å². The molecule has 0 aromatic heterocycles. The van der Waals surface area contributed by atoms with Crippen molar-refractivity contribution >= 4 is 23.5 Å². The van der Waals surface area contributed by atoms with Crippen LogP contribution in [0.4, 0.5) is 0 Å². The summed E-state index contributed by atoms with van der Waals surface area (Å²) in [5, 5.41) is 0.714. The van der Waals surface area contributed by atoms with Crippen LogP contribution >= 0.6 is 11.6 Å². The van der Waals surface area contributed by atoms with Crippen molar-refractivity contribution in [3.05, 3.63) is 40.4 Å². The lowest BCUT2D eigenvalue weighted by Crippen LogP contribution is -2.18. The lowest BCUT2D eigenvalue weighted by molar-refractivity contribution is -0.119. The molecule has 0 aliphatic heterocycles. The van der Waals surface area contributed by atoms with Crippen LogP contribution in [0.1, 0.15) is 31.7 Å². The summed E-state index contributed by atoms with van der Waals surface area (Å²) < 4.78 is 0. The minimum atomic E-state index is 0.180. The van der Waals surface area contributed by atoms with Crippen LogP contribution in [0, 0.1) is 5.92 Å². The van der Waals surface area contributed by atoms with Gasteiger partial charge in [0.15, 0.2) is 5.78 Å². The number of Topliss-reactive ketones (excluding diaryl/α,β-unsaturated/α-hetero) is 1. The van der Waals surface area contributed by atoms with E-state index in [0.29, 0.717) is 10.8 Å². The van der Waals surface area contributed by atoms with Gasteiger partial charge in [-0.3, -0.25) is 4.79 Å². The zero-order valence-corrected chi connectivity index (χ0v) is 10.1. The maximum absolute atomic E-state index is 11.9. The Morgan fingerprint density at radius 1 is 1.44 bits per heavy atom. The molecule has 0 amide bonds. The first-order chi connectivity index (χ1) is 7.66. The van der Waals surface area contributed by atoms with Crippen LogP contribution in [0.2, 0.25) is 5.02 Å². The Bertz CT molecular complexity index is 434. The number of hydrogen-bond acceptors (Lipinski definition) is 1. The van der Waals surface area contributed by atoms with Crippen LogP contribution in [-0.2, 0) is 4.79 Å². The van der Waals surface area contributed by atoms with Gasteiger partial charge in [-0.1, -0.05) is 30.7 Å². The normalized spacial score (nSPS) is 23.8. The second-order valence-corrected chi connectivity index (χ2v) is 4.82. The Hall–Kier alpha value is -1.08. The SMILES string of the molecule is CC1CCCC(=Cc2cccc(Cl)c2)C1=O. The van der Waals surface area contributed by atoms with Crippen molar-refractivity contribution < 1.29 is 4.79 Å². The van der Waals surface area contributed by atoms with Gasteiger partial charge in [0.1, 0.15) is 0 Å². The van der Waals surface area contributed by atoms with Gasteiger partial charge in [0, 0.05) is 10.9 Å². The minimum absolute atomic E-state index is 0.180. The first-order valence-electron chi connectivity index (χ1n) is 5.67. The predicted molar refractivity (Wildman–Crippen MR) is 67.5 cm³/mol. The van der Waals surface area contributed by atoms with Crippen LogP contribution in [0.25, 0.3) is 6.08 Å². The lowest BCUT2D eigenvalue weighted by atomic mass is 9.84. The maximum atomic E-state index is 11.9. The Morgan fingerprint density at radius 2 is 2.25 bits per heavy atom. The third-order valence-corrected chi connectivity index (χ3v) is 3.27. The summed E-state index contributed by atoms with van der Waals surface area (Å²) in [5.41, 5.74) is 1.96.